The predicted molar refractivity (Wildman–Crippen MR) is 104 cm³/mol. The van der Waals surface area contributed by atoms with Crippen LogP contribution in [0.25, 0.3) is 0 Å². The zero-order chi connectivity index (χ0) is 20.1. The molecular formula is C22H16FN3O3. The SMILES string of the molecule is O=C(c1ccccc1)[C@H]1[C@H]2C(=O)N(c3ccccc3F)C(=O)[C@H]2[C@H]2C=CC=NN21. The van der Waals surface area contributed by atoms with E-state index in [1.54, 1.807) is 53.6 Å². The number of para-hydroxylation sites is 1. The van der Waals surface area contributed by atoms with Gasteiger partial charge in [0, 0.05) is 11.8 Å². The average molecular weight is 389 g/mol. The van der Waals surface area contributed by atoms with Crippen LogP contribution in [-0.2, 0) is 9.59 Å². The van der Waals surface area contributed by atoms with E-state index >= 15 is 0 Å². The minimum atomic E-state index is -0.931. The van der Waals surface area contributed by atoms with Crippen LogP contribution in [0.2, 0.25) is 0 Å². The second-order valence-electron chi connectivity index (χ2n) is 7.21. The van der Waals surface area contributed by atoms with E-state index in [2.05, 4.69) is 5.10 Å². The zero-order valence-corrected chi connectivity index (χ0v) is 15.2. The van der Waals surface area contributed by atoms with Gasteiger partial charge in [0.15, 0.2) is 5.78 Å². The van der Waals surface area contributed by atoms with Crippen molar-refractivity contribution >= 4 is 29.5 Å². The van der Waals surface area contributed by atoms with Crippen molar-refractivity contribution in [3.8, 4) is 0 Å². The van der Waals surface area contributed by atoms with Crippen LogP contribution in [0.5, 0.6) is 0 Å². The van der Waals surface area contributed by atoms with E-state index in [1.807, 2.05) is 0 Å². The van der Waals surface area contributed by atoms with Gasteiger partial charge in [-0.1, -0.05) is 48.5 Å². The largest absolute Gasteiger partial charge is 0.292 e. The van der Waals surface area contributed by atoms with Gasteiger partial charge < -0.3 is 0 Å². The first-order chi connectivity index (χ1) is 14.1. The smallest absolute Gasteiger partial charge is 0.240 e. The Balaban J connectivity index is 1.61. The molecule has 6 nitrogen and oxygen atoms in total. The second-order valence-corrected chi connectivity index (χ2v) is 7.21. The Morgan fingerprint density at radius 2 is 1.62 bits per heavy atom. The number of hydrogen-bond donors (Lipinski definition) is 0. The minimum Gasteiger partial charge on any atom is -0.292 e. The van der Waals surface area contributed by atoms with Crippen molar-refractivity contribution in [1.29, 1.82) is 0 Å². The van der Waals surface area contributed by atoms with Gasteiger partial charge in [-0.05, 0) is 18.2 Å². The van der Waals surface area contributed by atoms with E-state index in [0.29, 0.717) is 5.56 Å². The number of rotatable bonds is 3. The van der Waals surface area contributed by atoms with Crippen molar-refractivity contribution in [3.63, 3.8) is 0 Å². The van der Waals surface area contributed by atoms with Crippen molar-refractivity contribution in [3.05, 3.63) is 78.1 Å². The number of carbonyl (C=O) groups excluding carboxylic acids is 3. The summed E-state index contributed by atoms with van der Waals surface area (Å²) >= 11 is 0. The molecule has 2 amide bonds. The number of carbonyl (C=O) groups is 3. The number of halogens is 1. The van der Waals surface area contributed by atoms with Gasteiger partial charge in [0.1, 0.15) is 11.9 Å². The molecule has 2 saturated heterocycles. The van der Waals surface area contributed by atoms with E-state index in [9.17, 15) is 18.8 Å². The molecule has 5 rings (SSSR count). The summed E-state index contributed by atoms with van der Waals surface area (Å²) in [5.74, 6) is -3.75. The molecule has 0 aliphatic carbocycles. The highest BCUT2D eigenvalue weighted by molar-refractivity contribution is 6.24. The monoisotopic (exact) mass is 389 g/mol. The number of ketones is 1. The summed E-state index contributed by atoms with van der Waals surface area (Å²) in [6.45, 7) is 0. The first-order valence-corrected chi connectivity index (χ1v) is 9.30. The fraction of sp³-hybridized carbons (Fsp3) is 0.182. The Bertz CT molecular complexity index is 1080. The molecule has 2 aromatic carbocycles. The third-order valence-corrected chi connectivity index (χ3v) is 5.71. The second kappa shape index (κ2) is 6.48. The maximum Gasteiger partial charge on any atom is 0.240 e. The molecule has 3 aliphatic rings. The van der Waals surface area contributed by atoms with E-state index in [1.165, 1.54) is 24.4 Å². The third kappa shape index (κ3) is 2.47. The third-order valence-electron chi connectivity index (χ3n) is 5.71. The van der Waals surface area contributed by atoms with Gasteiger partial charge in [0.05, 0.1) is 23.6 Å². The molecule has 3 heterocycles. The number of fused-ring (bicyclic) bond motifs is 3. The summed E-state index contributed by atoms with van der Waals surface area (Å²) in [4.78, 5) is 40.7. The standard InChI is InChI=1S/C22H16FN3O3/c23-14-9-4-5-10-15(14)25-21(28)17-16-11-6-12-24-26(16)19(18(17)22(25)29)20(27)13-7-2-1-3-8-13/h1-12,16-19H/t16-,17+,18+,19-/m1/s1. The van der Waals surface area contributed by atoms with Crippen LogP contribution >= 0.6 is 0 Å². The van der Waals surface area contributed by atoms with Crippen molar-refractivity contribution in [2.45, 2.75) is 12.1 Å². The molecule has 4 atom stereocenters. The highest BCUT2D eigenvalue weighted by Crippen LogP contribution is 2.46. The molecule has 0 N–H and O–H groups in total. The van der Waals surface area contributed by atoms with Gasteiger partial charge in [-0.2, -0.15) is 5.10 Å². The summed E-state index contributed by atoms with van der Waals surface area (Å²) < 4.78 is 14.4. The molecule has 0 unspecified atom stereocenters. The van der Waals surface area contributed by atoms with Crippen molar-refractivity contribution in [1.82, 2.24) is 5.01 Å². The number of allylic oxidation sites excluding steroid dienone is 1. The lowest BCUT2D eigenvalue weighted by Gasteiger charge is -2.30. The topological polar surface area (TPSA) is 70.0 Å². The number of benzene rings is 2. The van der Waals surface area contributed by atoms with Gasteiger partial charge >= 0.3 is 0 Å². The van der Waals surface area contributed by atoms with Crippen LogP contribution in [0, 0.1) is 17.7 Å². The number of nitrogens with zero attached hydrogens (tertiary/aromatic N) is 3. The van der Waals surface area contributed by atoms with Gasteiger partial charge in [0.2, 0.25) is 11.8 Å². The summed E-state index contributed by atoms with van der Waals surface area (Å²) in [5.41, 5.74) is 0.351. The van der Waals surface area contributed by atoms with Crippen LogP contribution in [0.15, 0.2) is 71.9 Å². The first kappa shape index (κ1) is 17.5. The Morgan fingerprint density at radius 1 is 0.931 bits per heavy atom. The van der Waals surface area contributed by atoms with E-state index in [0.717, 1.165) is 4.90 Å². The highest BCUT2D eigenvalue weighted by Gasteiger charge is 2.64. The Morgan fingerprint density at radius 3 is 2.38 bits per heavy atom. The number of Topliss-reactive ketones (excluding diaryl/α,β-unsaturated/α-hetero) is 1. The lowest BCUT2D eigenvalue weighted by molar-refractivity contribution is -0.123. The first-order valence-electron chi connectivity index (χ1n) is 9.30. The van der Waals surface area contributed by atoms with Gasteiger partial charge in [-0.25, -0.2) is 9.29 Å². The quantitative estimate of drug-likeness (QED) is 0.597. The molecule has 2 aromatic rings. The Hall–Kier alpha value is -3.61. The van der Waals surface area contributed by atoms with Gasteiger partial charge in [0.25, 0.3) is 0 Å². The van der Waals surface area contributed by atoms with E-state index in [-0.39, 0.29) is 11.5 Å². The number of amides is 2. The highest BCUT2D eigenvalue weighted by atomic mass is 19.1. The summed E-state index contributed by atoms with van der Waals surface area (Å²) in [6.07, 6.45) is 4.99. The number of imide groups is 1. The van der Waals surface area contributed by atoms with Crippen LogP contribution < -0.4 is 4.90 Å². The predicted octanol–water partition coefficient (Wildman–Crippen LogP) is 2.42. The number of anilines is 1. The molecule has 0 saturated carbocycles. The van der Waals surface area contributed by atoms with E-state index in [4.69, 9.17) is 0 Å². The normalized spacial score (nSPS) is 27.3. The van der Waals surface area contributed by atoms with Gasteiger partial charge in [-0.3, -0.25) is 19.4 Å². The number of hydrazone groups is 1. The molecule has 0 radical (unpaired) electrons. The summed E-state index contributed by atoms with van der Waals surface area (Å²) in [5, 5.41) is 5.83. The maximum absolute atomic E-state index is 14.4. The van der Waals surface area contributed by atoms with Crippen molar-refractivity contribution in [2.75, 3.05) is 4.90 Å². The molecule has 0 bridgehead atoms. The Kier molecular flexibility index (Phi) is 3.91. The van der Waals surface area contributed by atoms with Crippen LogP contribution in [-0.4, -0.2) is 40.9 Å². The van der Waals surface area contributed by atoms with Gasteiger partial charge in [-0.15, -0.1) is 0 Å². The molecule has 0 aromatic heterocycles. The molecule has 2 fully saturated rings. The van der Waals surface area contributed by atoms with Crippen molar-refractivity contribution < 1.29 is 18.8 Å². The van der Waals surface area contributed by atoms with Crippen LogP contribution in [0.1, 0.15) is 10.4 Å². The molecule has 3 aliphatic heterocycles. The number of hydrogen-bond acceptors (Lipinski definition) is 5. The fourth-order valence-corrected chi connectivity index (χ4v) is 4.48. The molecule has 29 heavy (non-hydrogen) atoms. The summed E-state index contributed by atoms with van der Waals surface area (Å²) in [6, 6.07) is 12.8. The van der Waals surface area contributed by atoms with E-state index < -0.39 is 41.6 Å². The van der Waals surface area contributed by atoms with Crippen LogP contribution in [0.3, 0.4) is 0 Å². The maximum atomic E-state index is 14.4. The lowest BCUT2D eigenvalue weighted by Crippen LogP contribution is -2.46. The summed E-state index contributed by atoms with van der Waals surface area (Å²) in [7, 11) is 0. The fourth-order valence-electron chi connectivity index (χ4n) is 4.48. The zero-order valence-electron chi connectivity index (χ0n) is 15.2. The van der Waals surface area contributed by atoms with Crippen LogP contribution in [0.4, 0.5) is 10.1 Å². The molecule has 144 valence electrons. The minimum absolute atomic E-state index is 0.0855. The molecular weight excluding hydrogens is 373 g/mol. The van der Waals surface area contributed by atoms with Crippen molar-refractivity contribution in [2.24, 2.45) is 16.9 Å². The Labute approximate surface area is 165 Å². The lowest BCUT2D eigenvalue weighted by atomic mass is 9.86. The molecule has 7 heteroatoms. The average Bonchev–Trinajstić information content (AvgIpc) is 3.22. The molecule has 0 spiro atoms.